The largest absolute Gasteiger partial charge is 0.507 e. The lowest BCUT2D eigenvalue weighted by molar-refractivity contribution is -0.117. The number of phenols is 1. The van der Waals surface area contributed by atoms with Crippen molar-refractivity contribution in [2.75, 3.05) is 0 Å². The Labute approximate surface area is 114 Å². The first-order chi connectivity index (χ1) is 8.81. The van der Waals surface area contributed by atoms with E-state index < -0.39 is 5.60 Å². The number of ether oxygens (including phenoxy) is 1. The highest BCUT2D eigenvalue weighted by Gasteiger charge is 2.38. The highest BCUT2D eigenvalue weighted by atomic mass is 16.5. The van der Waals surface area contributed by atoms with E-state index in [1.54, 1.807) is 0 Å². The van der Waals surface area contributed by atoms with Crippen LogP contribution in [-0.4, -0.2) is 17.0 Å². The van der Waals surface area contributed by atoms with Crippen LogP contribution >= 0.6 is 0 Å². The summed E-state index contributed by atoms with van der Waals surface area (Å²) in [7, 11) is 0. The van der Waals surface area contributed by atoms with Gasteiger partial charge in [0.05, 0.1) is 5.92 Å². The summed E-state index contributed by atoms with van der Waals surface area (Å²) in [6.07, 6.45) is 2.59. The molecule has 0 bridgehead atoms. The van der Waals surface area contributed by atoms with Gasteiger partial charge >= 0.3 is 0 Å². The van der Waals surface area contributed by atoms with Crippen molar-refractivity contribution >= 4 is 6.29 Å². The van der Waals surface area contributed by atoms with Gasteiger partial charge in [-0.1, -0.05) is 6.92 Å². The molecule has 0 fully saturated rings. The minimum absolute atomic E-state index is 0.144. The molecule has 1 heterocycles. The number of benzene rings is 1. The van der Waals surface area contributed by atoms with Gasteiger partial charge in [-0.15, -0.1) is 0 Å². The molecule has 19 heavy (non-hydrogen) atoms. The summed E-state index contributed by atoms with van der Waals surface area (Å²) >= 11 is 0. The highest BCUT2D eigenvalue weighted by molar-refractivity contribution is 5.60. The Hall–Kier alpha value is -1.51. The average molecular weight is 262 g/mol. The molecule has 1 aliphatic heterocycles. The predicted octanol–water partition coefficient (Wildman–Crippen LogP) is 3.24. The molecule has 1 aliphatic rings. The Morgan fingerprint density at radius 2 is 1.89 bits per heavy atom. The molecule has 1 aromatic rings. The van der Waals surface area contributed by atoms with Gasteiger partial charge in [-0.25, -0.2) is 0 Å². The SMILES string of the molecule is Cc1c(C)c2c(c(C)c1O)CCC(C)([C@H](C)C=O)O2. The molecule has 2 rings (SSSR count). The van der Waals surface area contributed by atoms with Crippen molar-refractivity contribution < 1.29 is 14.6 Å². The number of phenolic OH excluding ortho intramolecular Hbond substituents is 1. The summed E-state index contributed by atoms with van der Waals surface area (Å²) in [5.74, 6) is 1.08. The van der Waals surface area contributed by atoms with E-state index in [0.717, 1.165) is 47.1 Å². The third kappa shape index (κ3) is 2.01. The van der Waals surface area contributed by atoms with Crippen molar-refractivity contribution in [1.82, 2.24) is 0 Å². The van der Waals surface area contributed by atoms with E-state index in [4.69, 9.17) is 4.74 Å². The summed E-state index contributed by atoms with van der Waals surface area (Å²) in [6.45, 7) is 9.68. The van der Waals surface area contributed by atoms with Gasteiger partial charge in [0.15, 0.2) is 0 Å². The lowest BCUT2D eigenvalue weighted by atomic mass is 9.81. The minimum Gasteiger partial charge on any atom is -0.507 e. The molecule has 0 aliphatic carbocycles. The van der Waals surface area contributed by atoms with Crippen LogP contribution in [0.15, 0.2) is 0 Å². The Morgan fingerprint density at radius 3 is 2.47 bits per heavy atom. The standard InChI is InChI=1S/C16H22O3/c1-9(8-17)16(5)7-6-13-12(4)14(18)10(2)11(3)15(13)19-16/h8-9,18H,6-7H2,1-5H3/t9-,16?/m1/s1. The molecule has 3 nitrogen and oxygen atoms in total. The van der Waals surface area contributed by atoms with E-state index in [0.29, 0.717) is 5.75 Å². The summed E-state index contributed by atoms with van der Waals surface area (Å²) in [5, 5.41) is 10.1. The first kappa shape index (κ1) is 13.9. The highest BCUT2D eigenvalue weighted by Crippen LogP contribution is 2.44. The fourth-order valence-corrected chi connectivity index (χ4v) is 2.73. The Morgan fingerprint density at radius 1 is 1.26 bits per heavy atom. The van der Waals surface area contributed by atoms with Crippen molar-refractivity contribution in [2.45, 2.75) is 53.1 Å². The zero-order valence-electron chi connectivity index (χ0n) is 12.3. The Bertz CT molecular complexity index is 534. The molecular weight excluding hydrogens is 240 g/mol. The quantitative estimate of drug-likeness (QED) is 0.832. The molecule has 0 saturated carbocycles. The molecule has 0 aromatic heterocycles. The molecule has 0 amide bonds. The number of rotatable bonds is 2. The van der Waals surface area contributed by atoms with Gasteiger partial charge in [0.2, 0.25) is 0 Å². The normalized spacial score (nSPS) is 23.4. The zero-order valence-corrected chi connectivity index (χ0v) is 12.3. The number of aldehydes is 1. The average Bonchev–Trinajstić information content (AvgIpc) is 2.41. The van der Waals surface area contributed by atoms with Crippen LogP contribution in [-0.2, 0) is 11.2 Å². The number of hydrogen-bond donors (Lipinski definition) is 1. The lowest BCUT2D eigenvalue weighted by Crippen LogP contribution is -2.43. The molecule has 0 spiro atoms. The van der Waals surface area contributed by atoms with Crippen LogP contribution in [0.2, 0.25) is 0 Å². The molecule has 0 saturated heterocycles. The van der Waals surface area contributed by atoms with E-state index in [1.165, 1.54) is 0 Å². The third-order valence-electron chi connectivity index (χ3n) is 4.71. The number of aromatic hydroxyl groups is 1. The monoisotopic (exact) mass is 262 g/mol. The smallest absolute Gasteiger partial charge is 0.127 e. The van der Waals surface area contributed by atoms with Crippen LogP contribution in [0.3, 0.4) is 0 Å². The van der Waals surface area contributed by atoms with Gasteiger partial charge in [0.1, 0.15) is 23.4 Å². The van der Waals surface area contributed by atoms with Crippen molar-refractivity contribution in [1.29, 1.82) is 0 Å². The molecule has 1 aromatic carbocycles. The summed E-state index contributed by atoms with van der Waals surface area (Å²) in [5.41, 5.74) is 3.37. The second-order valence-corrected chi connectivity index (χ2v) is 5.87. The first-order valence-corrected chi connectivity index (χ1v) is 6.77. The molecule has 0 radical (unpaired) electrons. The van der Waals surface area contributed by atoms with Crippen LogP contribution in [0, 0.1) is 26.7 Å². The van der Waals surface area contributed by atoms with Gasteiger partial charge in [0, 0.05) is 5.56 Å². The van der Waals surface area contributed by atoms with E-state index in [2.05, 4.69) is 0 Å². The molecule has 104 valence electrons. The van der Waals surface area contributed by atoms with Gasteiger partial charge < -0.3 is 14.6 Å². The summed E-state index contributed by atoms with van der Waals surface area (Å²) in [6, 6.07) is 0. The second kappa shape index (κ2) is 4.55. The van der Waals surface area contributed by atoms with Crippen LogP contribution in [0.4, 0.5) is 0 Å². The molecule has 1 unspecified atom stereocenters. The van der Waals surface area contributed by atoms with Crippen LogP contribution < -0.4 is 4.74 Å². The van der Waals surface area contributed by atoms with E-state index in [1.807, 2.05) is 34.6 Å². The minimum atomic E-state index is -0.449. The fourth-order valence-electron chi connectivity index (χ4n) is 2.73. The molecule has 1 N–H and O–H groups in total. The van der Waals surface area contributed by atoms with Crippen molar-refractivity contribution in [3.05, 3.63) is 22.3 Å². The maximum Gasteiger partial charge on any atom is 0.127 e. The van der Waals surface area contributed by atoms with Gasteiger partial charge in [0.25, 0.3) is 0 Å². The van der Waals surface area contributed by atoms with Gasteiger partial charge in [-0.3, -0.25) is 0 Å². The van der Waals surface area contributed by atoms with E-state index >= 15 is 0 Å². The van der Waals surface area contributed by atoms with Crippen LogP contribution in [0.5, 0.6) is 11.5 Å². The number of hydrogen-bond acceptors (Lipinski definition) is 3. The number of fused-ring (bicyclic) bond motifs is 1. The van der Waals surface area contributed by atoms with Gasteiger partial charge in [-0.05, 0) is 57.2 Å². The molecule has 2 atom stereocenters. The lowest BCUT2D eigenvalue weighted by Gasteiger charge is -2.40. The predicted molar refractivity (Wildman–Crippen MR) is 74.9 cm³/mol. The zero-order chi connectivity index (χ0) is 14.4. The molecule has 3 heteroatoms. The van der Waals surface area contributed by atoms with E-state index in [9.17, 15) is 9.90 Å². The van der Waals surface area contributed by atoms with Crippen molar-refractivity contribution in [3.63, 3.8) is 0 Å². The fraction of sp³-hybridized carbons (Fsp3) is 0.562. The molecular formula is C16H22O3. The summed E-state index contributed by atoms with van der Waals surface area (Å²) in [4.78, 5) is 11.1. The number of carbonyl (C=O) groups is 1. The number of carbonyl (C=O) groups excluding carboxylic acids is 1. The maximum absolute atomic E-state index is 11.1. The van der Waals surface area contributed by atoms with Crippen LogP contribution in [0.1, 0.15) is 42.5 Å². The Balaban J connectivity index is 2.55. The first-order valence-electron chi connectivity index (χ1n) is 6.77. The van der Waals surface area contributed by atoms with E-state index in [-0.39, 0.29) is 5.92 Å². The third-order valence-corrected chi connectivity index (χ3v) is 4.71. The summed E-state index contributed by atoms with van der Waals surface area (Å²) < 4.78 is 6.18. The van der Waals surface area contributed by atoms with Crippen LogP contribution in [0.25, 0.3) is 0 Å². The Kier molecular flexibility index (Phi) is 3.33. The maximum atomic E-state index is 11.1. The van der Waals surface area contributed by atoms with Crippen molar-refractivity contribution in [3.8, 4) is 11.5 Å². The topological polar surface area (TPSA) is 46.5 Å². The second-order valence-electron chi connectivity index (χ2n) is 5.87. The van der Waals surface area contributed by atoms with Crippen molar-refractivity contribution in [2.24, 2.45) is 5.92 Å². The van der Waals surface area contributed by atoms with Gasteiger partial charge in [-0.2, -0.15) is 0 Å².